The molecule has 0 unspecified atom stereocenters. The van der Waals surface area contributed by atoms with E-state index in [0.717, 1.165) is 23.7 Å². The molecular formula is C15H19FN2O. The minimum absolute atomic E-state index is 0.0436. The zero-order valence-electron chi connectivity index (χ0n) is 11.1. The summed E-state index contributed by atoms with van der Waals surface area (Å²) in [5, 5.41) is 3.72. The van der Waals surface area contributed by atoms with Gasteiger partial charge in [0.05, 0.1) is 0 Å². The third kappa shape index (κ3) is 3.34. The molecule has 1 amide bonds. The average Bonchev–Trinajstić information content (AvgIpc) is 2.73. The molecule has 0 aliphatic rings. The fourth-order valence-electron chi connectivity index (χ4n) is 2.16. The van der Waals surface area contributed by atoms with Crippen LogP contribution in [0.4, 0.5) is 4.39 Å². The van der Waals surface area contributed by atoms with Crippen molar-refractivity contribution >= 4 is 16.8 Å². The van der Waals surface area contributed by atoms with E-state index in [2.05, 4.69) is 17.2 Å². The van der Waals surface area contributed by atoms with Crippen LogP contribution in [0.25, 0.3) is 10.9 Å². The van der Waals surface area contributed by atoms with Gasteiger partial charge in [0.1, 0.15) is 0 Å². The van der Waals surface area contributed by atoms with Crippen molar-refractivity contribution in [1.82, 2.24) is 10.3 Å². The van der Waals surface area contributed by atoms with Gasteiger partial charge in [0, 0.05) is 29.4 Å². The smallest absolute Gasteiger partial charge is 0.220 e. The topological polar surface area (TPSA) is 44.9 Å². The highest BCUT2D eigenvalue weighted by atomic mass is 19.1. The van der Waals surface area contributed by atoms with Gasteiger partial charge in [0.25, 0.3) is 0 Å². The van der Waals surface area contributed by atoms with Crippen molar-refractivity contribution in [1.29, 1.82) is 0 Å². The van der Waals surface area contributed by atoms with E-state index in [0.29, 0.717) is 24.9 Å². The van der Waals surface area contributed by atoms with Crippen LogP contribution >= 0.6 is 0 Å². The molecule has 0 saturated heterocycles. The highest BCUT2D eigenvalue weighted by Crippen LogP contribution is 2.21. The summed E-state index contributed by atoms with van der Waals surface area (Å²) in [6.07, 6.45) is 2.96. The van der Waals surface area contributed by atoms with Crippen molar-refractivity contribution in [2.24, 2.45) is 0 Å². The Bertz CT molecular complexity index is 562. The molecule has 3 nitrogen and oxygen atoms in total. The number of benzene rings is 1. The van der Waals surface area contributed by atoms with Crippen LogP contribution in [-0.2, 0) is 11.2 Å². The number of carbonyl (C=O) groups excluding carboxylic acids is 1. The van der Waals surface area contributed by atoms with Gasteiger partial charge in [0.2, 0.25) is 5.91 Å². The minimum Gasteiger partial charge on any atom is -0.356 e. The minimum atomic E-state index is -0.302. The van der Waals surface area contributed by atoms with Crippen LogP contribution in [-0.4, -0.2) is 17.4 Å². The van der Waals surface area contributed by atoms with Gasteiger partial charge in [-0.15, -0.1) is 0 Å². The molecule has 2 rings (SSSR count). The summed E-state index contributed by atoms with van der Waals surface area (Å²) < 4.78 is 13.8. The molecule has 0 radical (unpaired) electrons. The number of unbranched alkanes of at least 4 members (excludes halogenated alkanes) is 1. The van der Waals surface area contributed by atoms with E-state index < -0.39 is 0 Å². The Morgan fingerprint density at radius 3 is 2.95 bits per heavy atom. The molecule has 1 heterocycles. The van der Waals surface area contributed by atoms with E-state index in [1.54, 1.807) is 0 Å². The van der Waals surface area contributed by atoms with Crippen molar-refractivity contribution in [3.63, 3.8) is 0 Å². The van der Waals surface area contributed by atoms with E-state index in [1.807, 2.05) is 24.3 Å². The summed E-state index contributed by atoms with van der Waals surface area (Å²) in [4.78, 5) is 14.2. The van der Waals surface area contributed by atoms with Crippen LogP contribution < -0.4 is 5.32 Å². The Morgan fingerprint density at radius 2 is 2.16 bits per heavy atom. The lowest BCUT2D eigenvalue weighted by Gasteiger charge is -2.04. The second-order valence-corrected chi connectivity index (χ2v) is 4.67. The first kappa shape index (κ1) is 13.6. The number of hydrogen-bond acceptors (Lipinski definition) is 1. The molecule has 0 aliphatic heterocycles. The highest BCUT2D eigenvalue weighted by molar-refractivity contribution is 5.83. The van der Waals surface area contributed by atoms with Crippen molar-refractivity contribution in [3.8, 4) is 0 Å². The van der Waals surface area contributed by atoms with Gasteiger partial charge in [-0.25, -0.2) is 0 Å². The maximum absolute atomic E-state index is 13.8. The maximum Gasteiger partial charge on any atom is 0.220 e. The van der Waals surface area contributed by atoms with Crippen LogP contribution in [0.15, 0.2) is 24.3 Å². The van der Waals surface area contributed by atoms with Gasteiger partial charge in [-0.2, -0.15) is 4.39 Å². The van der Waals surface area contributed by atoms with E-state index in [4.69, 9.17) is 0 Å². The maximum atomic E-state index is 13.8. The van der Waals surface area contributed by atoms with Gasteiger partial charge in [0.15, 0.2) is 5.95 Å². The monoisotopic (exact) mass is 262 g/mol. The van der Waals surface area contributed by atoms with E-state index in [1.165, 1.54) is 0 Å². The van der Waals surface area contributed by atoms with Crippen molar-refractivity contribution in [2.45, 2.75) is 32.6 Å². The van der Waals surface area contributed by atoms with Crippen molar-refractivity contribution < 1.29 is 9.18 Å². The molecule has 0 aliphatic carbocycles. The number of amides is 1. The van der Waals surface area contributed by atoms with Crippen LogP contribution in [0, 0.1) is 5.95 Å². The molecule has 4 heteroatoms. The number of aromatic amines is 1. The summed E-state index contributed by atoms with van der Waals surface area (Å²) in [7, 11) is 0. The second-order valence-electron chi connectivity index (χ2n) is 4.67. The van der Waals surface area contributed by atoms with Crippen molar-refractivity contribution in [3.05, 3.63) is 35.8 Å². The third-order valence-corrected chi connectivity index (χ3v) is 3.22. The fourth-order valence-corrected chi connectivity index (χ4v) is 2.16. The van der Waals surface area contributed by atoms with Gasteiger partial charge >= 0.3 is 0 Å². The number of carbonyl (C=O) groups is 1. The SMILES string of the molecule is CCCCC(=O)NCCc1c(F)[nH]c2ccccc12. The number of aromatic nitrogens is 1. The summed E-state index contributed by atoms with van der Waals surface area (Å²) in [6.45, 7) is 2.52. The molecule has 0 saturated carbocycles. The predicted molar refractivity (Wildman–Crippen MR) is 74.5 cm³/mol. The van der Waals surface area contributed by atoms with Crippen LogP contribution in [0.1, 0.15) is 31.7 Å². The molecule has 1 aromatic heterocycles. The van der Waals surface area contributed by atoms with Gasteiger partial charge in [-0.05, 0) is 18.9 Å². The number of para-hydroxylation sites is 1. The Balaban J connectivity index is 1.94. The van der Waals surface area contributed by atoms with Crippen LogP contribution in [0.5, 0.6) is 0 Å². The van der Waals surface area contributed by atoms with Crippen LogP contribution in [0.3, 0.4) is 0 Å². The molecule has 2 N–H and O–H groups in total. The molecule has 2 aromatic rings. The number of halogens is 1. The van der Waals surface area contributed by atoms with Gasteiger partial charge < -0.3 is 10.3 Å². The van der Waals surface area contributed by atoms with Crippen molar-refractivity contribution in [2.75, 3.05) is 6.54 Å². The molecule has 0 spiro atoms. The zero-order chi connectivity index (χ0) is 13.7. The summed E-state index contributed by atoms with van der Waals surface area (Å²) in [5.74, 6) is -0.258. The predicted octanol–water partition coefficient (Wildman–Crippen LogP) is 3.16. The molecule has 0 bridgehead atoms. The first-order chi connectivity index (χ1) is 9.22. The largest absolute Gasteiger partial charge is 0.356 e. The Labute approximate surface area is 112 Å². The second kappa shape index (κ2) is 6.36. The summed E-state index contributed by atoms with van der Waals surface area (Å²) >= 11 is 0. The standard InChI is InChI=1S/C15H19FN2O/c1-2-3-8-14(19)17-10-9-12-11-6-4-5-7-13(11)18-15(12)16/h4-7,18H,2-3,8-10H2,1H3,(H,17,19). The van der Waals surface area contributed by atoms with Gasteiger partial charge in [-0.3, -0.25) is 4.79 Å². The quantitative estimate of drug-likeness (QED) is 0.825. The average molecular weight is 262 g/mol. The zero-order valence-corrected chi connectivity index (χ0v) is 11.1. The number of rotatable bonds is 6. The van der Waals surface area contributed by atoms with E-state index >= 15 is 0 Å². The normalized spacial score (nSPS) is 10.8. The van der Waals surface area contributed by atoms with Gasteiger partial charge in [-0.1, -0.05) is 31.5 Å². The lowest BCUT2D eigenvalue weighted by atomic mass is 10.1. The number of hydrogen-bond donors (Lipinski definition) is 2. The summed E-state index contributed by atoms with van der Waals surface area (Å²) in [5.41, 5.74) is 1.44. The molecular weight excluding hydrogens is 243 g/mol. The molecule has 102 valence electrons. The molecule has 0 fully saturated rings. The highest BCUT2D eigenvalue weighted by Gasteiger charge is 2.10. The molecule has 0 atom stereocenters. The number of fused-ring (bicyclic) bond motifs is 1. The van der Waals surface area contributed by atoms with Crippen LogP contribution in [0.2, 0.25) is 0 Å². The lowest BCUT2D eigenvalue weighted by molar-refractivity contribution is -0.121. The number of nitrogens with one attached hydrogen (secondary N) is 2. The Hall–Kier alpha value is -1.84. The molecule has 19 heavy (non-hydrogen) atoms. The first-order valence-corrected chi connectivity index (χ1v) is 6.74. The fraction of sp³-hybridized carbons (Fsp3) is 0.400. The first-order valence-electron chi connectivity index (χ1n) is 6.74. The Kier molecular flexibility index (Phi) is 4.55. The summed E-state index contributed by atoms with van der Waals surface area (Å²) in [6, 6.07) is 7.50. The van der Waals surface area contributed by atoms with E-state index in [-0.39, 0.29) is 11.9 Å². The lowest BCUT2D eigenvalue weighted by Crippen LogP contribution is -2.25. The Morgan fingerprint density at radius 1 is 1.37 bits per heavy atom. The number of H-pyrrole nitrogens is 1. The van der Waals surface area contributed by atoms with E-state index in [9.17, 15) is 9.18 Å². The third-order valence-electron chi connectivity index (χ3n) is 3.22. The molecule has 1 aromatic carbocycles.